The summed E-state index contributed by atoms with van der Waals surface area (Å²) in [5.41, 5.74) is 7.43. The van der Waals surface area contributed by atoms with Crippen LogP contribution >= 0.6 is 35.0 Å². The van der Waals surface area contributed by atoms with Gasteiger partial charge in [0.25, 0.3) is 5.91 Å². The molecule has 0 aliphatic carbocycles. The Hall–Kier alpha value is -2.40. The lowest BCUT2D eigenvalue weighted by molar-refractivity contribution is 0.0576. The van der Waals surface area contributed by atoms with Crippen LogP contribution in [0.2, 0.25) is 10.0 Å². The van der Waals surface area contributed by atoms with Crippen LogP contribution in [0.1, 0.15) is 27.3 Å². The summed E-state index contributed by atoms with van der Waals surface area (Å²) in [6, 6.07) is 11.5. The monoisotopic (exact) mass is 561 g/mol. The molecule has 5 rings (SSSR count). The number of hydrazine groups is 1. The van der Waals surface area contributed by atoms with Crippen molar-refractivity contribution in [2.75, 3.05) is 45.1 Å². The highest BCUT2D eigenvalue weighted by atomic mass is 35.5. The Morgan fingerprint density at radius 3 is 2.57 bits per heavy atom. The number of benzene rings is 2. The summed E-state index contributed by atoms with van der Waals surface area (Å²) < 4.78 is 15.2. The molecular weight excluding hydrogens is 536 g/mol. The number of amides is 1. The summed E-state index contributed by atoms with van der Waals surface area (Å²) in [6.07, 6.45) is 1.99. The molecule has 3 aromatic rings. The second kappa shape index (κ2) is 11.6. The Balaban J connectivity index is 1.52. The molecule has 0 unspecified atom stereocenters. The number of aromatic nitrogens is 2. The van der Waals surface area contributed by atoms with Gasteiger partial charge in [-0.25, -0.2) is 14.1 Å². The van der Waals surface area contributed by atoms with Crippen molar-refractivity contribution in [2.24, 2.45) is 0 Å². The normalized spacial score (nSPS) is 17.7. The van der Waals surface area contributed by atoms with Crippen molar-refractivity contribution >= 4 is 52.5 Å². The van der Waals surface area contributed by atoms with Crippen LogP contribution in [0.3, 0.4) is 0 Å². The van der Waals surface area contributed by atoms with E-state index in [9.17, 15) is 14.3 Å². The van der Waals surface area contributed by atoms with Crippen molar-refractivity contribution in [2.45, 2.75) is 5.75 Å². The molecule has 1 aromatic heterocycles. The summed E-state index contributed by atoms with van der Waals surface area (Å²) in [7, 11) is 0. The van der Waals surface area contributed by atoms with Crippen molar-refractivity contribution in [3.8, 4) is 5.69 Å². The van der Waals surface area contributed by atoms with Crippen molar-refractivity contribution in [3.05, 3.63) is 80.8 Å². The molecule has 3 heterocycles. The van der Waals surface area contributed by atoms with E-state index in [0.29, 0.717) is 52.6 Å². The molecule has 0 bridgehead atoms. The van der Waals surface area contributed by atoms with Crippen molar-refractivity contribution in [3.63, 3.8) is 0 Å². The molecule has 7 nitrogen and oxygen atoms in total. The number of halogens is 3. The van der Waals surface area contributed by atoms with Crippen LogP contribution in [-0.2, 0) is 5.75 Å². The molecule has 1 saturated heterocycles. The number of nitrogens with one attached hydrogen (secondary N) is 1. The van der Waals surface area contributed by atoms with Gasteiger partial charge in [0.1, 0.15) is 5.82 Å². The first-order valence-electron chi connectivity index (χ1n) is 11.9. The molecule has 0 atom stereocenters. The van der Waals surface area contributed by atoms with Gasteiger partial charge in [0.15, 0.2) is 5.69 Å². The van der Waals surface area contributed by atoms with Crippen LogP contribution in [0, 0.1) is 5.82 Å². The molecule has 0 radical (unpaired) electrons. The molecule has 2 aliphatic rings. The molecule has 2 N–H and O–H groups in total. The lowest BCUT2D eigenvalue weighted by Crippen LogP contribution is -2.54. The van der Waals surface area contributed by atoms with Gasteiger partial charge in [-0.1, -0.05) is 35.3 Å². The summed E-state index contributed by atoms with van der Waals surface area (Å²) in [5, 5.41) is 16.8. The summed E-state index contributed by atoms with van der Waals surface area (Å²) >= 11 is 14.4. The number of thioether (sulfide) groups is 1. The van der Waals surface area contributed by atoms with Gasteiger partial charge < -0.3 is 5.11 Å². The smallest absolute Gasteiger partial charge is 0.286 e. The lowest BCUT2D eigenvalue weighted by Gasteiger charge is -2.34. The number of rotatable bonds is 6. The highest BCUT2D eigenvalue weighted by molar-refractivity contribution is 7.99. The molecule has 0 saturated carbocycles. The van der Waals surface area contributed by atoms with E-state index in [-0.39, 0.29) is 18.3 Å². The average molecular weight is 562 g/mol. The Morgan fingerprint density at radius 1 is 1.11 bits per heavy atom. The lowest BCUT2D eigenvalue weighted by atomic mass is 10.0. The quantitative estimate of drug-likeness (QED) is 0.466. The molecule has 1 fully saturated rings. The molecule has 2 aromatic carbocycles. The van der Waals surface area contributed by atoms with Crippen molar-refractivity contribution in [1.82, 2.24) is 25.1 Å². The van der Waals surface area contributed by atoms with E-state index in [1.165, 1.54) is 12.1 Å². The fourth-order valence-corrected chi connectivity index (χ4v) is 6.06. The number of β-amino-alcohol motifs (C(OH)–C–C–N with tert-alkyl or cyclic N) is 1. The Labute approximate surface area is 228 Å². The van der Waals surface area contributed by atoms with Gasteiger partial charge >= 0.3 is 0 Å². The van der Waals surface area contributed by atoms with E-state index in [0.717, 1.165) is 35.5 Å². The number of carbonyl (C=O) groups excluding carboxylic acids is 1. The van der Waals surface area contributed by atoms with E-state index in [2.05, 4.69) is 10.3 Å². The first-order valence-corrected chi connectivity index (χ1v) is 13.8. The van der Waals surface area contributed by atoms with Gasteiger partial charge in [0, 0.05) is 54.8 Å². The minimum absolute atomic E-state index is 0.120. The van der Waals surface area contributed by atoms with Crippen molar-refractivity contribution < 1.29 is 14.3 Å². The number of aliphatic hydroxyl groups excluding tert-OH is 1. The van der Waals surface area contributed by atoms with Crippen LogP contribution in [0.15, 0.2) is 42.5 Å². The highest BCUT2D eigenvalue weighted by Crippen LogP contribution is 2.38. The molecule has 0 spiro atoms. The van der Waals surface area contributed by atoms with Gasteiger partial charge in [-0.3, -0.25) is 15.1 Å². The highest BCUT2D eigenvalue weighted by Gasteiger charge is 2.30. The standard InChI is InChI=1S/C26H26Cl2FN5O2S/c27-19-3-6-23(22(28)14-19)34-25-18(13-17-1-4-20(29)5-2-17)15-37-16-21(25)24(30-34)26(36)31-33-9-7-32(8-10-33)11-12-35/h1-6,13-14,35H,7-12,15-16H2,(H,31,36)/b18-13+. The maximum Gasteiger partial charge on any atom is 0.286 e. The number of carbonyl (C=O) groups is 1. The van der Waals surface area contributed by atoms with Crippen molar-refractivity contribution in [1.29, 1.82) is 0 Å². The Kier molecular flexibility index (Phi) is 8.18. The second-order valence-corrected chi connectivity index (χ2v) is 10.7. The Morgan fingerprint density at radius 2 is 1.86 bits per heavy atom. The maximum atomic E-state index is 13.5. The van der Waals surface area contributed by atoms with Gasteiger partial charge in [0.2, 0.25) is 0 Å². The summed E-state index contributed by atoms with van der Waals surface area (Å²) in [4.78, 5) is 15.6. The van der Waals surface area contributed by atoms with Gasteiger partial charge in [-0.2, -0.15) is 16.9 Å². The van der Waals surface area contributed by atoms with Crippen LogP contribution < -0.4 is 5.43 Å². The fourth-order valence-electron chi connectivity index (χ4n) is 4.55. The number of nitrogens with zero attached hydrogens (tertiary/aromatic N) is 4. The average Bonchev–Trinajstić information content (AvgIpc) is 3.27. The number of piperazine rings is 1. The number of hydrogen-bond acceptors (Lipinski definition) is 6. The molecule has 1 amide bonds. The third-order valence-electron chi connectivity index (χ3n) is 6.40. The summed E-state index contributed by atoms with van der Waals surface area (Å²) in [5.74, 6) is 0.748. The molecule has 194 valence electrons. The van der Waals surface area contributed by atoms with Gasteiger partial charge in [-0.15, -0.1) is 0 Å². The number of aliphatic hydroxyl groups is 1. The van der Waals surface area contributed by atoms with Gasteiger partial charge in [0.05, 0.1) is 23.0 Å². The minimum atomic E-state index is -0.296. The largest absolute Gasteiger partial charge is 0.395 e. The second-order valence-electron chi connectivity index (χ2n) is 8.89. The Bertz CT molecular complexity index is 1320. The van der Waals surface area contributed by atoms with E-state index < -0.39 is 0 Å². The predicted molar refractivity (Wildman–Crippen MR) is 147 cm³/mol. The minimum Gasteiger partial charge on any atom is -0.395 e. The third kappa shape index (κ3) is 5.87. The molecule has 2 aliphatic heterocycles. The zero-order chi connectivity index (χ0) is 25.9. The fraction of sp³-hybridized carbons (Fsp3) is 0.308. The SMILES string of the molecule is O=C(NN1CCN(CCO)CC1)c1nn(-c2ccc(Cl)cc2Cl)c2c1CSC/C2=C\c1ccc(F)cc1. The topological polar surface area (TPSA) is 73.6 Å². The number of fused-ring (bicyclic) bond motifs is 1. The van der Waals surface area contributed by atoms with Crippen LogP contribution in [0.25, 0.3) is 17.3 Å². The summed E-state index contributed by atoms with van der Waals surface area (Å²) in [6.45, 7) is 3.57. The van der Waals surface area contributed by atoms with Crippen LogP contribution in [0.4, 0.5) is 4.39 Å². The molecule has 37 heavy (non-hydrogen) atoms. The van der Waals surface area contributed by atoms with E-state index >= 15 is 0 Å². The van der Waals surface area contributed by atoms with E-state index in [1.54, 1.807) is 46.8 Å². The zero-order valence-electron chi connectivity index (χ0n) is 20.0. The van der Waals surface area contributed by atoms with Gasteiger partial charge in [-0.05, 0) is 47.5 Å². The maximum absolute atomic E-state index is 13.5. The predicted octanol–water partition coefficient (Wildman–Crippen LogP) is 4.36. The molecule has 11 heteroatoms. The first-order chi connectivity index (χ1) is 17.9. The third-order valence-corrected chi connectivity index (χ3v) is 7.95. The first kappa shape index (κ1) is 26.2. The van der Waals surface area contributed by atoms with E-state index in [4.69, 9.17) is 28.3 Å². The van der Waals surface area contributed by atoms with E-state index in [1.807, 2.05) is 11.1 Å². The zero-order valence-corrected chi connectivity index (χ0v) is 22.3. The number of hydrogen-bond donors (Lipinski definition) is 2. The van der Waals surface area contributed by atoms with Crippen LogP contribution in [0.5, 0.6) is 0 Å². The molecular formula is C26H26Cl2FN5O2S. The van der Waals surface area contributed by atoms with Crippen LogP contribution in [-0.4, -0.2) is 75.8 Å².